The van der Waals surface area contributed by atoms with Gasteiger partial charge in [-0.25, -0.2) is 0 Å². The lowest BCUT2D eigenvalue weighted by molar-refractivity contribution is -0.126. The van der Waals surface area contributed by atoms with Gasteiger partial charge in [-0.2, -0.15) is 0 Å². The molecule has 24 heavy (non-hydrogen) atoms. The van der Waals surface area contributed by atoms with Crippen LogP contribution in [-0.4, -0.2) is 28.9 Å². The van der Waals surface area contributed by atoms with Crippen molar-refractivity contribution in [1.29, 1.82) is 0 Å². The number of rotatable bonds is 5. The molecule has 0 aliphatic carbocycles. The Morgan fingerprint density at radius 2 is 2.08 bits per heavy atom. The number of hydrogen-bond donors (Lipinski definition) is 1. The number of nitrogens with one attached hydrogen (secondary N) is 1. The van der Waals surface area contributed by atoms with E-state index in [1.807, 2.05) is 12.1 Å². The summed E-state index contributed by atoms with van der Waals surface area (Å²) in [6.07, 6.45) is 5.60. The van der Waals surface area contributed by atoms with Gasteiger partial charge >= 0.3 is 0 Å². The summed E-state index contributed by atoms with van der Waals surface area (Å²) in [6, 6.07) is 12.5. The normalized spacial score (nSPS) is 18.3. The lowest BCUT2D eigenvalue weighted by Crippen LogP contribution is -2.42. The third-order valence-corrected chi connectivity index (χ3v) is 4.59. The number of aromatic nitrogens is 1. The molecule has 2 aromatic rings. The molecule has 126 valence electrons. The first-order valence-corrected chi connectivity index (χ1v) is 8.65. The number of benzene rings is 1. The van der Waals surface area contributed by atoms with E-state index >= 15 is 0 Å². The zero-order valence-corrected chi connectivity index (χ0v) is 14.2. The first-order valence-electron chi connectivity index (χ1n) is 8.65. The highest BCUT2D eigenvalue weighted by Gasteiger charge is 2.25. The van der Waals surface area contributed by atoms with Crippen molar-refractivity contribution >= 4 is 5.91 Å². The van der Waals surface area contributed by atoms with Gasteiger partial charge in [0.1, 0.15) is 0 Å². The third-order valence-electron chi connectivity index (χ3n) is 4.59. The number of nitrogens with zero attached hydrogens (tertiary/aromatic N) is 2. The predicted octanol–water partition coefficient (Wildman–Crippen LogP) is 2.92. The molecule has 1 fully saturated rings. The van der Waals surface area contributed by atoms with Crippen molar-refractivity contribution in [3.05, 3.63) is 65.5 Å². The van der Waals surface area contributed by atoms with Crippen molar-refractivity contribution in [3.8, 4) is 0 Å². The van der Waals surface area contributed by atoms with Crippen LogP contribution in [0.5, 0.6) is 0 Å². The van der Waals surface area contributed by atoms with Crippen LogP contribution in [0.4, 0.5) is 0 Å². The standard InChI is InChI=1S/C20H25N3O/c1-16-6-8-17(9-7-16)14-23-11-3-5-19(15-23)20(24)22-13-18-4-2-10-21-12-18/h2,4,6-10,12,19H,3,5,11,13-15H2,1H3,(H,22,24). The van der Waals surface area contributed by atoms with E-state index in [1.54, 1.807) is 12.4 Å². The van der Waals surface area contributed by atoms with E-state index in [0.29, 0.717) is 6.54 Å². The first-order chi connectivity index (χ1) is 11.7. The quantitative estimate of drug-likeness (QED) is 0.920. The van der Waals surface area contributed by atoms with E-state index in [1.165, 1.54) is 11.1 Å². The summed E-state index contributed by atoms with van der Waals surface area (Å²) in [5, 5.41) is 3.05. The highest BCUT2D eigenvalue weighted by Crippen LogP contribution is 2.19. The molecule has 0 spiro atoms. The molecule has 3 rings (SSSR count). The maximum Gasteiger partial charge on any atom is 0.224 e. The zero-order chi connectivity index (χ0) is 16.8. The second-order valence-electron chi connectivity index (χ2n) is 6.64. The molecule has 1 N–H and O–H groups in total. The van der Waals surface area contributed by atoms with Gasteiger partial charge in [-0.05, 0) is 43.5 Å². The van der Waals surface area contributed by atoms with Crippen LogP contribution in [0.1, 0.15) is 29.5 Å². The van der Waals surface area contributed by atoms with Crippen LogP contribution >= 0.6 is 0 Å². The number of carbonyl (C=O) groups excluding carboxylic acids is 1. The highest BCUT2D eigenvalue weighted by atomic mass is 16.1. The van der Waals surface area contributed by atoms with E-state index in [4.69, 9.17) is 0 Å². The number of pyridine rings is 1. The summed E-state index contributed by atoms with van der Waals surface area (Å²) in [4.78, 5) is 18.9. The molecule has 1 saturated heterocycles. The SMILES string of the molecule is Cc1ccc(CN2CCCC(C(=O)NCc3cccnc3)C2)cc1. The Balaban J connectivity index is 1.51. The fraction of sp³-hybridized carbons (Fsp3) is 0.400. The van der Waals surface area contributed by atoms with Crippen LogP contribution in [0.3, 0.4) is 0 Å². The summed E-state index contributed by atoms with van der Waals surface area (Å²) in [5.41, 5.74) is 3.64. The van der Waals surface area contributed by atoms with Crippen molar-refractivity contribution in [2.24, 2.45) is 5.92 Å². The molecule has 4 heteroatoms. The molecular formula is C20H25N3O. The Morgan fingerprint density at radius 3 is 2.83 bits per heavy atom. The molecule has 0 saturated carbocycles. The Hall–Kier alpha value is -2.20. The highest BCUT2D eigenvalue weighted by molar-refractivity contribution is 5.78. The topological polar surface area (TPSA) is 45.2 Å². The predicted molar refractivity (Wildman–Crippen MR) is 95.3 cm³/mol. The Kier molecular flexibility index (Phi) is 5.59. The lowest BCUT2D eigenvalue weighted by Gasteiger charge is -2.32. The van der Waals surface area contributed by atoms with Gasteiger partial charge in [0.25, 0.3) is 0 Å². The summed E-state index contributed by atoms with van der Waals surface area (Å²) >= 11 is 0. The Labute approximate surface area is 143 Å². The lowest BCUT2D eigenvalue weighted by atomic mass is 9.96. The van der Waals surface area contributed by atoms with Gasteiger partial charge in [0.15, 0.2) is 0 Å². The van der Waals surface area contributed by atoms with Crippen molar-refractivity contribution in [2.75, 3.05) is 13.1 Å². The van der Waals surface area contributed by atoms with Crippen LogP contribution < -0.4 is 5.32 Å². The van der Waals surface area contributed by atoms with Gasteiger partial charge in [0.05, 0.1) is 5.92 Å². The average Bonchev–Trinajstić information content (AvgIpc) is 2.63. The maximum atomic E-state index is 12.5. The average molecular weight is 323 g/mol. The van der Waals surface area contributed by atoms with E-state index in [2.05, 4.69) is 46.4 Å². The first kappa shape index (κ1) is 16.7. The van der Waals surface area contributed by atoms with E-state index < -0.39 is 0 Å². The van der Waals surface area contributed by atoms with Crippen LogP contribution in [0, 0.1) is 12.8 Å². The molecule has 1 aliphatic heterocycles. The smallest absolute Gasteiger partial charge is 0.224 e. The van der Waals surface area contributed by atoms with Gasteiger partial charge in [-0.15, -0.1) is 0 Å². The van der Waals surface area contributed by atoms with E-state index in [-0.39, 0.29) is 11.8 Å². The molecule has 0 bridgehead atoms. The maximum absolute atomic E-state index is 12.5. The third kappa shape index (κ3) is 4.65. The molecule has 2 heterocycles. The summed E-state index contributed by atoms with van der Waals surface area (Å²) in [5.74, 6) is 0.244. The zero-order valence-electron chi connectivity index (χ0n) is 14.2. The molecular weight excluding hydrogens is 298 g/mol. The second kappa shape index (κ2) is 8.06. The number of piperidine rings is 1. The number of likely N-dealkylation sites (tertiary alicyclic amines) is 1. The minimum atomic E-state index is 0.0841. The number of aryl methyl sites for hydroxylation is 1. The summed E-state index contributed by atoms with van der Waals surface area (Å²) < 4.78 is 0. The van der Waals surface area contributed by atoms with Crippen LogP contribution in [-0.2, 0) is 17.9 Å². The molecule has 1 aliphatic rings. The Morgan fingerprint density at radius 1 is 1.25 bits per heavy atom. The minimum absolute atomic E-state index is 0.0841. The molecule has 4 nitrogen and oxygen atoms in total. The van der Waals surface area contributed by atoms with E-state index in [9.17, 15) is 4.79 Å². The van der Waals surface area contributed by atoms with Crippen molar-refractivity contribution in [2.45, 2.75) is 32.9 Å². The fourth-order valence-corrected chi connectivity index (χ4v) is 3.20. The van der Waals surface area contributed by atoms with Crippen LogP contribution in [0.25, 0.3) is 0 Å². The van der Waals surface area contributed by atoms with Gasteiger partial charge in [-0.3, -0.25) is 14.7 Å². The number of amides is 1. The van der Waals surface area contributed by atoms with Gasteiger partial charge in [0.2, 0.25) is 5.91 Å². The molecule has 1 aromatic carbocycles. The van der Waals surface area contributed by atoms with Gasteiger partial charge in [0, 0.05) is 32.0 Å². The number of carbonyl (C=O) groups is 1. The fourth-order valence-electron chi connectivity index (χ4n) is 3.20. The van der Waals surface area contributed by atoms with Gasteiger partial charge < -0.3 is 5.32 Å². The van der Waals surface area contributed by atoms with Crippen LogP contribution in [0.15, 0.2) is 48.8 Å². The monoisotopic (exact) mass is 323 g/mol. The summed E-state index contributed by atoms with van der Waals surface area (Å²) in [7, 11) is 0. The molecule has 0 radical (unpaired) electrons. The molecule has 1 amide bonds. The van der Waals surface area contributed by atoms with Crippen molar-refractivity contribution < 1.29 is 4.79 Å². The molecule has 1 aromatic heterocycles. The van der Waals surface area contributed by atoms with E-state index in [0.717, 1.165) is 38.0 Å². The Bertz CT molecular complexity index is 654. The summed E-state index contributed by atoms with van der Waals surface area (Å²) in [6.45, 7) is 5.49. The van der Waals surface area contributed by atoms with Crippen LogP contribution in [0.2, 0.25) is 0 Å². The van der Waals surface area contributed by atoms with Crippen molar-refractivity contribution in [3.63, 3.8) is 0 Å². The molecule has 1 atom stereocenters. The number of hydrogen-bond acceptors (Lipinski definition) is 3. The van der Waals surface area contributed by atoms with Gasteiger partial charge in [-0.1, -0.05) is 35.9 Å². The second-order valence-corrected chi connectivity index (χ2v) is 6.64. The van der Waals surface area contributed by atoms with Crippen molar-refractivity contribution in [1.82, 2.24) is 15.2 Å². The largest absolute Gasteiger partial charge is 0.352 e. The minimum Gasteiger partial charge on any atom is -0.352 e. The molecule has 1 unspecified atom stereocenters.